The quantitative estimate of drug-likeness (QED) is 0.374. The van der Waals surface area contributed by atoms with E-state index in [1.165, 1.54) is 36.4 Å². The highest BCUT2D eigenvalue weighted by Crippen LogP contribution is 2.44. The Balaban J connectivity index is 1.61. The Morgan fingerprint density at radius 1 is 1.12 bits per heavy atom. The number of thiophene rings is 1. The maximum atomic E-state index is 13.4. The molecule has 5 nitrogen and oxygen atoms in total. The van der Waals surface area contributed by atoms with Gasteiger partial charge in [-0.25, -0.2) is 8.42 Å². The molecule has 2 aromatic carbocycles. The van der Waals surface area contributed by atoms with E-state index in [1.807, 2.05) is 7.05 Å². The minimum Gasteiger partial charge on any atom is -0.487 e. The smallest absolute Gasteiger partial charge is 0.417 e. The Labute approximate surface area is 209 Å². The lowest BCUT2D eigenvalue weighted by Crippen LogP contribution is -2.21. The number of ether oxygens (including phenoxy) is 1. The first-order valence-corrected chi connectivity index (χ1v) is 13.1. The topological polar surface area (TPSA) is 58.6 Å². The Kier molecular flexibility index (Phi) is 7.08. The lowest BCUT2D eigenvalue weighted by atomic mass is 10.0. The molecule has 0 aliphatic carbocycles. The highest BCUT2D eigenvalue weighted by atomic mass is 35.5. The van der Waals surface area contributed by atoms with E-state index in [0.717, 1.165) is 31.6 Å². The van der Waals surface area contributed by atoms with Gasteiger partial charge in [0.25, 0.3) is 10.0 Å². The molecule has 0 unspecified atom stereocenters. The molecule has 0 amide bonds. The van der Waals surface area contributed by atoms with E-state index in [9.17, 15) is 21.6 Å². The van der Waals surface area contributed by atoms with Crippen LogP contribution in [0.2, 0.25) is 9.36 Å². The van der Waals surface area contributed by atoms with E-state index in [1.54, 1.807) is 0 Å². The second kappa shape index (κ2) is 9.58. The van der Waals surface area contributed by atoms with Crippen LogP contribution in [0.3, 0.4) is 0 Å². The van der Waals surface area contributed by atoms with Gasteiger partial charge < -0.3 is 9.64 Å². The zero-order chi connectivity index (χ0) is 24.7. The molecule has 0 radical (unpaired) electrons. The lowest BCUT2D eigenvalue weighted by Gasteiger charge is -2.16. The molecule has 1 atom stereocenters. The number of rotatable bonds is 6. The van der Waals surface area contributed by atoms with Crippen molar-refractivity contribution in [1.82, 2.24) is 4.90 Å². The van der Waals surface area contributed by atoms with Crippen molar-refractivity contribution < 1.29 is 26.3 Å². The molecule has 3 aromatic rings. The van der Waals surface area contributed by atoms with E-state index in [0.29, 0.717) is 22.1 Å². The molecule has 182 valence electrons. The van der Waals surface area contributed by atoms with Crippen LogP contribution in [0.25, 0.3) is 11.1 Å². The fourth-order valence-corrected chi connectivity index (χ4v) is 6.62. The number of likely N-dealkylation sites (tertiary alicyclic amines) is 1. The second-order valence-corrected chi connectivity index (χ2v) is 11.8. The first kappa shape index (κ1) is 25.1. The summed E-state index contributed by atoms with van der Waals surface area (Å²) in [7, 11) is -2.17. The van der Waals surface area contributed by atoms with E-state index in [-0.39, 0.29) is 31.5 Å². The fourth-order valence-electron chi connectivity index (χ4n) is 3.66. The first-order valence-electron chi connectivity index (χ1n) is 10.1. The number of likely N-dealkylation sites (N-methyl/N-ethyl adjacent to an activating group) is 1. The maximum Gasteiger partial charge on any atom is 0.417 e. The molecule has 0 saturated carbocycles. The number of alkyl halides is 3. The standard InChI is InChI=1S/C22H19Cl2F3N2O3S2/c1-29-9-8-14(12-29)32-19-10-13(6-7-18(19)23)28-34(30,31)20-11-16(21(24)33-20)15-4-2-3-5-17(15)22(25,26)27/h2-7,10-11,14,28H,8-9,12H2,1H3/t14-/m1/s1. The second-order valence-electron chi connectivity index (χ2n) is 7.84. The van der Waals surface area contributed by atoms with Gasteiger partial charge in [-0.15, -0.1) is 11.3 Å². The average Bonchev–Trinajstić information content (AvgIpc) is 3.35. The van der Waals surface area contributed by atoms with Crippen LogP contribution < -0.4 is 9.46 Å². The van der Waals surface area contributed by atoms with Crippen molar-refractivity contribution in [2.75, 3.05) is 24.9 Å². The molecule has 34 heavy (non-hydrogen) atoms. The number of halogens is 5. The van der Waals surface area contributed by atoms with Gasteiger partial charge in [-0.2, -0.15) is 13.2 Å². The van der Waals surface area contributed by atoms with Crippen LogP contribution in [-0.2, 0) is 16.2 Å². The summed E-state index contributed by atoms with van der Waals surface area (Å²) in [6, 6.07) is 10.5. The van der Waals surface area contributed by atoms with Crippen LogP contribution in [0.5, 0.6) is 5.75 Å². The van der Waals surface area contributed by atoms with Crippen LogP contribution in [0.15, 0.2) is 52.7 Å². The molecule has 1 aromatic heterocycles. The fraction of sp³-hybridized carbons (Fsp3) is 0.273. The van der Waals surface area contributed by atoms with E-state index in [2.05, 4.69) is 9.62 Å². The number of hydrogen-bond acceptors (Lipinski definition) is 5. The molecule has 1 saturated heterocycles. The Bertz CT molecular complexity index is 1310. The van der Waals surface area contributed by atoms with Gasteiger partial charge in [0.05, 0.1) is 16.3 Å². The number of anilines is 1. The summed E-state index contributed by atoms with van der Waals surface area (Å²) >= 11 is 13.1. The molecular weight excluding hydrogens is 532 g/mol. The van der Waals surface area contributed by atoms with Gasteiger partial charge in [-0.1, -0.05) is 41.4 Å². The summed E-state index contributed by atoms with van der Waals surface area (Å²) in [4.78, 5) is 2.11. The summed E-state index contributed by atoms with van der Waals surface area (Å²) in [5.74, 6) is 0.339. The molecule has 12 heteroatoms. The van der Waals surface area contributed by atoms with Gasteiger partial charge in [0, 0.05) is 24.7 Å². The third-order valence-electron chi connectivity index (χ3n) is 5.28. The molecule has 1 N–H and O–H groups in total. The summed E-state index contributed by atoms with van der Waals surface area (Å²) in [6.07, 6.45) is -3.87. The molecule has 1 fully saturated rings. The molecule has 2 heterocycles. The summed E-state index contributed by atoms with van der Waals surface area (Å²) in [6.45, 7) is 1.61. The van der Waals surface area contributed by atoms with Crippen molar-refractivity contribution in [2.45, 2.75) is 22.9 Å². The van der Waals surface area contributed by atoms with Crippen molar-refractivity contribution in [2.24, 2.45) is 0 Å². The number of benzene rings is 2. The molecule has 4 rings (SSSR count). The van der Waals surface area contributed by atoms with E-state index < -0.39 is 21.8 Å². The van der Waals surface area contributed by atoms with Crippen LogP contribution in [0, 0.1) is 0 Å². The predicted octanol–water partition coefficient (Wildman–Crippen LogP) is 6.62. The highest BCUT2D eigenvalue weighted by Gasteiger charge is 2.34. The van der Waals surface area contributed by atoms with Crippen LogP contribution >= 0.6 is 34.5 Å². The number of hydrogen-bond donors (Lipinski definition) is 1. The summed E-state index contributed by atoms with van der Waals surface area (Å²) in [5, 5.41) is 0.336. The van der Waals surface area contributed by atoms with Crippen LogP contribution in [-0.4, -0.2) is 39.6 Å². The third kappa shape index (κ3) is 5.46. The molecule has 1 aliphatic heterocycles. The Morgan fingerprint density at radius 2 is 1.85 bits per heavy atom. The van der Waals surface area contributed by atoms with Crippen molar-refractivity contribution in [1.29, 1.82) is 0 Å². The minimum atomic E-state index is -4.62. The normalized spacial score (nSPS) is 17.2. The van der Waals surface area contributed by atoms with Gasteiger partial charge >= 0.3 is 6.18 Å². The monoisotopic (exact) mass is 550 g/mol. The van der Waals surface area contributed by atoms with Crippen molar-refractivity contribution in [3.8, 4) is 16.9 Å². The third-order valence-corrected chi connectivity index (χ3v) is 8.80. The number of nitrogens with zero attached hydrogens (tertiary/aromatic N) is 1. The largest absolute Gasteiger partial charge is 0.487 e. The van der Waals surface area contributed by atoms with Crippen LogP contribution in [0.4, 0.5) is 18.9 Å². The minimum absolute atomic E-state index is 0.00884. The molecule has 1 aliphatic rings. The molecular formula is C22H19Cl2F3N2O3S2. The van der Waals surface area contributed by atoms with Gasteiger partial charge in [0.15, 0.2) is 0 Å². The lowest BCUT2D eigenvalue weighted by molar-refractivity contribution is -0.137. The predicted molar refractivity (Wildman–Crippen MR) is 129 cm³/mol. The Morgan fingerprint density at radius 3 is 2.53 bits per heavy atom. The zero-order valence-electron chi connectivity index (χ0n) is 17.7. The Hall–Kier alpha value is -1.98. The van der Waals surface area contributed by atoms with Gasteiger partial charge in [-0.3, -0.25) is 4.72 Å². The van der Waals surface area contributed by atoms with Crippen molar-refractivity contribution in [3.05, 3.63) is 63.5 Å². The van der Waals surface area contributed by atoms with Crippen molar-refractivity contribution >= 4 is 50.2 Å². The van der Waals surface area contributed by atoms with Crippen molar-refractivity contribution in [3.63, 3.8) is 0 Å². The van der Waals surface area contributed by atoms with Crippen LogP contribution in [0.1, 0.15) is 12.0 Å². The molecule has 0 spiro atoms. The maximum absolute atomic E-state index is 13.4. The molecule has 0 bridgehead atoms. The van der Waals surface area contributed by atoms with Gasteiger partial charge in [-0.05, 0) is 43.3 Å². The first-order chi connectivity index (χ1) is 15.9. The average molecular weight is 551 g/mol. The van der Waals surface area contributed by atoms with Gasteiger partial charge in [0.1, 0.15) is 20.4 Å². The van der Waals surface area contributed by atoms with E-state index >= 15 is 0 Å². The summed E-state index contributed by atoms with van der Waals surface area (Å²) < 4.78 is 74.4. The number of sulfonamides is 1. The summed E-state index contributed by atoms with van der Waals surface area (Å²) in [5.41, 5.74) is -0.900. The number of nitrogens with one attached hydrogen (secondary N) is 1. The SMILES string of the molecule is CN1CC[C@@H](Oc2cc(NS(=O)(=O)c3cc(-c4ccccc4C(F)(F)F)c(Cl)s3)ccc2Cl)C1. The van der Waals surface area contributed by atoms with Gasteiger partial charge in [0.2, 0.25) is 0 Å². The highest BCUT2D eigenvalue weighted by molar-refractivity contribution is 7.94. The zero-order valence-corrected chi connectivity index (χ0v) is 20.8. The van der Waals surface area contributed by atoms with E-state index in [4.69, 9.17) is 27.9 Å².